The molecule has 1 amide bonds. The third-order valence-corrected chi connectivity index (χ3v) is 9.13. The van der Waals surface area contributed by atoms with Crippen molar-refractivity contribution in [1.29, 1.82) is 0 Å². The normalized spacial score (nSPS) is 16.0. The van der Waals surface area contributed by atoms with Gasteiger partial charge in [0, 0.05) is 24.8 Å². The Morgan fingerprint density at radius 2 is 1.67 bits per heavy atom. The lowest BCUT2D eigenvalue weighted by Gasteiger charge is -2.23. The minimum atomic E-state index is -3.76. The number of hydrogen-bond acceptors (Lipinski definition) is 7. The molecule has 178 valence electrons. The summed E-state index contributed by atoms with van der Waals surface area (Å²) in [5, 5.41) is 2.63. The Kier molecular flexibility index (Phi) is 6.50. The largest absolute Gasteiger partial charge is 0.454 e. The maximum atomic E-state index is 12.7. The predicted octanol–water partition coefficient (Wildman–Crippen LogP) is 1.99. The van der Waals surface area contributed by atoms with Gasteiger partial charge in [-0.2, -0.15) is 4.31 Å². The molecule has 0 spiro atoms. The lowest BCUT2D eigenvalue weighted by molar-refractivity contribution is -0.114. The summed E-state index contributed by atoms with van der Waals surface area (Å²) >= 11 is 0. The van der Waals surface area contributed by atoms with Gasteiger partial charge in [-0.1, -0.05) is 0 Å². The standard InChI is InChI=1S/C21H25N3O7S2/c1-2-32(26,27)24(17-7-10-19-20(13-17)31-15-30-19)14-21(25)22-16-5-8-18(9-6-16)33(28,29)23-11-3-4-12-23/h5-10,13H,2-4,11-12,14-15H2,1H3,(H,22,25). The number of benzene rings is 2. The number of nitrogens with zero attached hydrogens (tertiary/aromatic N) is 2. The molecule has 2 aliphatic heterocycles. The van der Waals surface area contributed by atoms with E-state index >= 15 is 0 Å². The van der Waals surface area contributed by atoms with E-state index in [1.807, 2.05) is 0 Å². The molecule has 2 heterocycles. The Morgan fingerprint density at radius 1 is 1.00 bits per heavy atom. The third kappa shape index (κ3) is 4.92. The summed E-state index contributed by atoms with van der Waals surface area (Å²) in [6, 6.07) is 10.5. The molecule has 0 aliphatic carbocycles. The van der Waals surface area contributed by atoms with E-state index in [1.54, 1.807) is 12.1 Å². The van der Waals surface area contributed by atoms with Crippen molar-refractivity contribution in [2.75, 3.05) is 41.8 Å². The van der Waals surface area contributed by atoms with Crippen LogP contribution in [0.15, 0.2) is 47.4 Å². The summed E-state index contributed by atoms with van der Waals surface area (Å²) in [6.07, 6.45) is 1.68. The van der Waals surface area contributed by atoms with Crippen molar-refractivity contribution in [3.63, 3.8) is 0 Å². The summed E-state index contributed by atoms with van der Waals surface area (Å²) < 4.78 is 63.6. The zero-order chi connectivity index (χ0) is 23.6. The third-order valence-electron chi connectivity index (χ3n) is 5.47. The molecule has 12 heteroatoms. The van der Waals surface area contributed by atoms with Crippen LogP contribution in [0.25, 0.3) is 0 Å². The van der Waals surface area contributed by atoms with Crippen LogP contribution < -0.4 is 19.1 Å². The molecule has 1 N–H and O–H groups in total. The highest BCUT2D eigenvalue weighted by molar-refractivity contribution is 7.92. The van der Waals surface area contributed by atoms with Crippen LogP contribution in [-0.2, 0) is 24.8 Å². The molecule has 0 radical (unpaired) electrons. The average molecular weight is 496 g/mol. The molecule has 0 bridgehead atoms. The second-order valence-corrected chi connectivity index (χ2v) is 11.7. The van der Waals surface area contributed by atoms with Crippen molar-refractivity contribution < 1.29 is 31.1 Å². The summed E-state index contributed by atoms with van der Waals surface area (Å²) in [5.74, 6) is 0.137. The lowest BCUT2D eigenvalue weighted by Crippen LogP contribution is -2.39. The molecule has 4 rings (SSSR count). The molecule has 0 unspecified atom stereocenters. The minimum Gasteiger partial charge on any atom is -0.454 e. The fourth-order valence-corrected chi connectivity index (χ4v) is 6.24. The van der Waals surface area contributed by atoms with Gasteiger partial charge in [-0.25, -0.2) is 16.8 Å². The van der Waals surface area contributed by atoms with E-state index in [2.05, 4.69) is 5.32 Å². The van der Waals surface area contributed by atoms with Crippen LogP contribution in [0, 0.1) is 0 Å². The monoisotopic (exact) mass is 495 g/mol. The smallest absolute Gasteiger partial charge is 0.245 e. The number of sulfonamides is 2. The van der Waals surface area contributed by atoms with E-state index in [0.717, 1.165) is 17.1 Å². The number of ether oxygens (including phenoxy) is 2. The number of nitrogens with one attached hydrogen (secondary N) is 1. The molecule has 33 heavy (non-hydrogen) atoms. The summed E-state index contributed by atoms with van der Waals surface area (Å²) in [5.41, 5.74) is 0.642. The van der Waals surface area contributed by atoms with Crippen LogP contribution in [0.5, 0.6) is 11.5 Å². The van der Waals surface area contributed by atoms with Crippen LogP contribution in [0.4, 0.5) is 11.4 Å². The second-order valence-electron chi connectivity index (χ2n) is 7.63. The van der Waals surface area contributed by atoms with E-state index < -0.39 is 32.5 Å². The van der Waals surface area contributed by atoms with Gasteiger partial charge in [-0.05, 0) is 56.2 Å². The molecule has 1 saturated heterocycles. The summed E-state index contributed by atoms with van der Waals surface area (Å²) in [4.78, 5) is 12.8. The number of carbonyl (C=O) groups is 1. The molecular weight excluding hydrogens is 470 g/mol. The van der Waals surface area contributed by atoms with E-state index in [1.165, 1.54) is 41.6 Å². The van der Waals surface area contributed by atoms with Gasteiger partial charge in [0.15, 0.2) is 11.5 Å². The molecule has 0 aromatic heterocycles. The lowest BCUT2D eigenvalue weighted by atomic mass is 10.2. The molecule has 1 fully saturated rings. The molecule has 10 nitrogen and oxygen atoms in total. The molecule has 0 saturated carbocycles. The average Bonchev–Trinajstić information content (AvgIpc) is 3.49. The van der Waals surface area contributed by atoms with E-state index in [9.17, 15) is 21.6 Å². The number of anilines is 2. The van der Waals surface area contributed by atoms with Crippen LogP contribution >= 0.6 is 0 Å². The topological polar surface area (TPSA) is 122 Å². The maximum Gasteiger partial charge on any atom is 0.245 e. The van der Waals surface area contributed by atoms with Crippen molar-refractivity contribution in [1.82, 2.24) is 4.31 Å². The highest BCUT2D eigenvalue weighted by Crippen LogP contribution is 2.36. The fourth-order valence-electron chi connectivity index (χ4n) is 3.67. The quantitative estimate of drug-likeness (QED) is 0.594. The number of fused-ring (bicyclic) bond motifs is 1. The maximum absolute atomic E-state index is 12.7. The number of rotatable bonds is 8. The van der Waals surface area contributed by atoms with Gasteiger partial charge < -0.3 is 14.8 Å². The molecule has 2 aliphatic rings. The first-order valence-electron chi connectivity index (χ1n) is 10.5. The first kappa shape index (κ1) is 23.3. The van der Waals surface area contributed by atoms with Gasteiger partial charge in [-0.3, -0.25) is 9.10 Å². The minimum absolute atomic E-state index is 0.0449. The number of amides is 1. The van der Waals surface area contributed by atoms with Gasteiger partial charge in [0.05, 0.1) is 16.3 Å². The predicted molar refractivity (Wildman–Crippen MR) is 122 cm³/mol. The number of hydrogen-bond donors (Lipinski definition) is 1. The summed E-state index contributed by atoms with van der Waals surface area (Å²) in [7, 11) is -7.32. The van der Waals surface area contributed by atoms with Crippen LogP contribution in [-0.4, -0.2) is 59.2 Å². The molecule has 0 atom stereocenters. The molecular formula is C21H25N3O7S2. The highest BCUT2D eigenvalue weighted by atomic mass is 32.2. The SMILES string of the molecule is CCS(=O)(=O)N(CC(=O)Nc1ccc(S(=O)(=O)N2CCCC2)cc1)c1ccc2c(c1)OCO2. The van der Waals surface area contributed by atoms with Crippen molar-refractivity contribution >= 4 is 37.3 Å². The van der Waals surface area contributed by atoms with E-state index in [0.29, 0.717) is 30.3 Å². The van der Waals surface area contributed by atoms with Crippen molar-refractivity contribution in [3.8, 4) is 11.5 Å². The van der Waals surface area contributed by atoms with E-state index in [4.69, 9.17) is 9.47 Å². The second kappa shape index (κ2) is 9.20. The van der Waals surface area contributed by atoms with Crippen molar-refractivity contribution in [3.05, 3.63) is 42.5 Å². The Balaban J connectivity index is 1.49. The zero-order valence-electron chi connectivity index (χ0n) is 18.1. The van der Waals surface area contributed by atoms with Gasteiger partial charge in [-0.15, -0.1) is 0 Å². The van der Waals surface area contributed by atoms with Gasteiger partial charge in [0.25, 0.3) is 0 Å². The Bertz CT molecular complexity index is 1240. The first-order chi connectivity index (χ1) is 15.7. The first-order valence-corrected chi connectivity index (χ1v) is 13.6. The van der Waals surface area contributed by atoms with E-state index in [-0.39, 0.29) is 23.1 Å². The van der Waals surface area contributed by atoms with Gasteiger partial charge >= 0.3 is 0 Å². The highest BCUT2D eigenvalue weighted by Gasteiger charge is 2.28. The summed E-state index contributed by atoms with van der Waals surface area (Å²) in [6.45, 7) is 2.09. The van der Waals surface area contributed by atoms with Crippen LogP contribution in [0.3, 0.4) is 0 Å². The van der Waals surface area contributed by atoms with Gasteiger partial charge in [0.1, 0.15) is 6.54 Å². The number of carbonyl (C=O) groups excluding carboxylic acids is 1. The van der Waals surface area contributed by atoms with Crippen molar-refractivity contribution in [2.24, 2.45) is 0 Å². The van der Waals surface area contributed by atoms with Crippen LogP contribution in [0.2, 0.25) is 0 Å². The van der Waals surface area contributed by atoms with Gasteiger partial charge in [0.2, 0.25) is 32.7 Å². The Hall–Kier alpha value is -2.83. The van der Waals surface area contributed by atoms with Crippen molar-refractivity contribution in [2.45, 2.75) is 24.7 Å². The molecule has 2 aromatic rings. The Labute approximate surface area is 193 Å². The fraction of sp³-hybridized carbons (Fsp3) is 0.381. The zero-order valence-corrected chi connectivity index (χ0v) is 19.7. The molecule has 2 aromatic carbocycles. The Morgan fingerprint density at radius 3 is 2.33 bits per heavy atom. The van der Waals surface area contributed by atoms with Crippen LogP contribution in [0.1, 0.15) is 19.8 Å².